The second-order valence-corrected chi connectivity index (χ2v) is 7.35. The molecule has 3 amide bonds. The molecule has 1 saturated heterocycles. The third kappa shape index (κ3) is 4.89. The van der Waals surface area contributed by atoms with Gasteiger partial charge in [-0.15, -0.1) is 5.10 Å². The van der Waals surface area contributed by atoms with Crippen LogP contribution in [0, 0.1) is 18.7 Å². The van der Waals surface area contributed by atoms with E-state index in [4.69, 9.17) is 0 Å². The summed E-state index contributed by atoms with van der Waals surface area (Å²) in [6, 6.07) is 5.17. The minimum atomic E-state index is -0.799. The summed E-state index contributed by atoms with van der Waals surface area (Å²) in [5.74, 6) is -1.84. The van der Waals surface area contributed by atoms with E-state index in [9.17, 15) is 18.8 Å². The van der Waals surface area contributed by atoms with E-state index in [1.54, 1.807) is 11.8 Å². The predicted molar refractivity (Wildman–Crippen MR) is 101 cm³/mol. The van der Waals surface area contributed by atoms with Crippen molar-refractivity contribution in [1.29, 1.82) is 0 Å². The van der Waals surface area contributed by atoms with Crippen LogP contribution in [-0.2, 0) is 9.59 Å². The summed E-state index contributed by atoms with van der Waals surface area (Å²) in [6.07, 6.45) is 1.47. The van der Waals surface area contributed by atoms with Crippen LogP contribution in [0.25, 0.3) is 0 Å². The molecule has 2 heterocycles. The van der Waals surface area contributed by atoms with E-state index in [0.717, 1.165) is 24.4 Å². The molecule has 0 radical (unpaired) electrons. The highest BCUT2D eigenvalue weighted by Crippen LogP contribution is 2.20. The number of amides is 3. The number of halogens is 1. The van der Waals surface area contributed by atoms with Gasteiger partial charge in [-0.2, -0.15) is 0 Å². The minimum absolute atomic E-state index is 0.0614. The van der Waals surface area contributed by atoms with E-state index < -0.39 is 17.6 Å². The van der Waals surface area contributed by atoms with E-state index in [0.29, 0.717) is 35.9 Å². The van der Waals surface area contributed by atoms with Crippen molar-refractivity contribution in [2.75, 3.05) is 25.0 Å². The topological polar surface area (TPSA) is 104 Å². The number of aryl methyl sites for hydroxylation is 1. The number of nitrogens with one attached hydrogen (secondary N) is 2. The van der Waals surface area contributed by atoms with Crippen molar-refractivity contribution in [2.45, 2.75) is 19.8 Å². The Morgan fingerprint density at radius 3 is 2.46 bits per heavy atom. The molecule has 28 heavy (non-hydrogen) atoms. The molecule has 1 aromatic heterocycles. The highest BCUT2D eigenvalue weighted by Gasteiger charge is 2.26. The number of hydrogen-bond acceptors (Lipinski definition) is 6. The van der Waals surface area contributed by atoms with Gasteiger partial charge in [0.1, 0.15) is 10.7 Å². The van der Waals surface area contributed by atoms with Crippen LogP contribution in [0.1, 0.15) is 28.2 Å². The van der Waals surface area contributed by atoms with E-state index in [1.165, 1.54) is 24.3 Å². The number of carbonyl (C=O) groups is 3. The molecule has 1 aliphatic rings. The Hall–Kier alpha value is -2.88. The van der Waals surface area contributed by atoms with Crippen LogP contribution < -0.4 is 10.6 Å². The summed E-state index contributed by atoms with van der Waals surface area (Å²) in [5, 5.41) is 8.90. The van der Waals surface area contributed by atoms with Gasteiger partial charge in [-0.05, 0) is 61.5 Å². The third-order valence-corrected chi connectivity index (χ3v) is 5.42. The molecule has 0 bridgehead atoms. The zero-order valence-electron chi connectivity index (χ0n) is 15.3. The second-order valence-electron chi connectivity index (χ2n) is 6.59. The van der Waals surface area contributed by atoms with Crippen molar-refractivity contribution in [3.05, 3.63) is 40.7 Å². The quantitative estimate of drug-likeness (QED) is 0.752. The average molecular weight is 405 g/mol. The molecule has 0 atom stereocenters. The molecule has 0 unspecified atom stereocenters. The summed E-state index contributed by atoms with van der Waals surface area (Å²) in [5.41, 5.74) is 0.984. The number of hydrogen-bond donors (Lipinski definition) is 2. The molecule has 0 spiro atoms. The van der Waals surface area contributed by atoms with Gasteiger partial charge >= 0.3 is 11.8 Å². The summed E-state index contributed by atoms with van der Waals surface area (Å²) in [7, 11) is 0. The average Bonchev–Trinajstić information content (AvgIpc) is 3.13. The van der Waals surface area contributed by atoms with Crippen LogP contribution in [0.15, 0.2) is 24.3 Å². The summed E-state index contributed by atoms with van der Waals surface area (Å²) >= 11 is 1.10. The van der Waals surface area contributed by atoms with Gasteiger partial charge < -0.3 is 15.5 Å². The standard InChI is InChI=1S/C18H20FN5O3S/c1-11-15(28-23-22-11)18(27)24-8-6-12(7-9-24)10-20-16(25)17(26)21-14-4-2-13(19)3-5-14/h2-5,12H,6-10H2,1H3,(H,20,25)(H,21,26). The summed E-state index contributed by atoms with van der Waals surface area (Å²) in [6.45, 7) is 3.28. The van der Waals surface area contributed by atoms with E-state index >= 15 is 0 Å². The Labute approximate surface area is 165 Å². The number of benzene rings is 1. The number of rotatable bonds is 4. The fourth-order valence-corrected chi connectivity index (χ4v) is 3.58. The molecular weight excluding hydrogens is 385 g/mol. The molecule has 2 aromatic rings. The number of nitrogens with zero attached hydrogens (tertiary/aromatic N) is 3. The van der Waals surface area contributed by atoms with Crippen molar-refractivity contribution >= 4 is 34.9 Å². The van der Waals surface area contributed by atoms with E-state index in [2.05, 4.69) is 20.2 Å². The van der Waals surface area contributed by atoms with Crippen molar-refractivity contribution in [3.63, 3.8) is 0 Å². The van der Waals surface area contributed by atoms with Crippen LogP contribution in [0.3, 0.4) is 0 Å². The molecule has 3 rings (SSSR count). The Morgan fingerprint density at radius 2 is 1.86 bits per heavy atom. The summed E-state index contributed by atoms with van der Waals surface area (Å²) in [4.78, 5) is 38.6. The first kappa shape index (κ1) is 19.9. The first-order chi connectivity index (χ1) is 13.4. The fraction of sp³-hybridized carbons (Fsp3) is 0.389. The van der Waals surface area contributed by atoms with E-state index in [-0.39, 0.29) is 11.8 Å². The minimum Gasteiger partial charge on any atom is -0.348 e. The lowest BCUT2D eigenvalue weighted by molar-refractivity contribution is -0.136. The highest BCUT2D eigenvalue weighted by molar-refractivity contribution is 7.07. The number of carbonyl (C=O) groups excluding carboxylic acids is 3. The Kier molecular flexibility index (Phi) is 6.30. The van der Waals surface area contributed by atoms with Crippen LogP contribution in [0.2, 0.25) is 0 Å². The largest absolute Gasteiger partial charge is 0.348 e. The number of aromatic nitrogens is 2. The van der Waals surface area contributed by atoms with Crippen molar-refractivity contribution in [3.8, 4) is 0 Å². The SMILES string of the molecule is Cc1nnsc1C(=O)N1CCC(CNC(=O)C(=O)Nc2ccc(F)cc2)CC1. The normalized spacial score (nSPS) is 14.6. The molecule has 10 heteroatoms. The van der Waals surface area contributed by atoms with Crippen molar-refractivity contribution < 1.29 is 18.8 Å². The highest BCUT2D eigenvalue weighted by atomic mass is 32.1. The molecule has 0 aliphatic carbocycles. The van der Waals surface area contributed by atoms with Crippen LogP contribution in [0.5, 0.6) is 0 Å². The number of anilines is 1. The maximum Gasteiger partial charge on any atom is 0.313 e. The smallest absolute Gasteiger partial charge is 0.313 e. The first-order valence-corrected chi connectivity index (χ1v) is 9.64. The molecule has 1 aliphatic heterocycles. The summed E-state index contributed by atoms with van der Waals surface area (Å²) < 4.78 is 16.7. The molecule has 8 nitrogen and oxygen atoms in total. The lowest BCUT2D eigenvalue weighted by Gasteiger charge is -2.31. The van der Waals surface area contributed by atoms with E-state index in [1.807, 2.05) is 0 Å². The maximum absolute atomic E-state index is 12.9. The van der Waals surface area contributed by atoms with Gasteiger partial charge in [0, 0.05) is 25.3 Å². The zero-order chi connectivity index (χ0) is 20.1. The Balaban J connectivity index is 1.41. The van der Waals surface area contributed by atoms with Gasteiger partial charge in [0.25, 0.3) is 5.91 Å². The Morgan fingerprint density at radius 1 is 1.18 bits per heavy atom. The molecular formula is C18H20FN5O3S. The van der Waals surface area contributed by atoms with Gasteiger partial charge in [0.15, 0.2) is 0 Å². The van der Waals surface area contributed by atoms with Crippen molar-refractivity contribution in [1.82, 2.24) is 19.8 Å². The zero-order valence-corrected chi connectivity index (χ0v) is 16.1. The van der Waals surface area contributed by atoms with Gasteiger partial charge in [0.05, 0.1) is 5.69 Å². The lowest BCUT2D eigenvalue weighted by atomic mass is 9.96. The molecule has 1 aromatic carbocycles. The van der Waals surface area contributed by atoms with Crippen LogP contribution in [0.4, 0.5) is 10.1 Å². The molecule has 148 valence electrons. The van der Waals surface area contributed by atoms with Crippen LogP contribution >= 0.6 is 11.5 Å². The second kappa shape index (κ2) is 8.87. The molecule has 2 N–H and O–H groups in total. The van der Waals surface area contributed by atoms with Crippen molar-refractivity contribution in [2.24, 2.45) is 5.92 Å². The number of piperidine rings is 1. The predicted octanol–water partition coefficient (Wildman–Crippen LogP) is 1.59. The van der Waals surface area contributed by atoms with Gasteiger partial charge in [-0.25, -0.2) is 4.39 Å². The third-order valence-electron chi connectivity index (χ3n) is 4.61. The molecule has 0 saturated carbocycles. The fourth-order valence-electron chi connectivity index (χ4n) is 2.95. The maximum atomic E-state index is 12.9. The van der Waals surface area contributed by atoms with Gasteiger partial charge in [-0.3, -0.25) is 14.4 Å². The van der Waals surface area contributed by atoms with Crippen LogP contribution in [-0.4, -0.2) is 51.8 Å². The number of likely N-dealkylation sites (tertiary alicyclic amines) is 1. The van der Waals surface area contributed by atoms with Gasteiger partial charge in [0.2, 0.25) is 0 Å². The monoisotopic (exact) mass is 405 g/mol. The first-order valence-electron chi connectivity index (χ1n) is 8.87. The molecule has 1 fully saturated rings. The Bertz CT molecular complexity index is 862. The van der Waals surface area contributed by atoms with Gasteiger partial charge in [-0.1, -0.05) is 4.49 Å². The lowest BCUT2D eigenvalue weighted by Crippen LogP contribution is -2.43.